The van der Waals surface area contributed by atoms with E-state index in [1.54, 1.807) is 5.32 Å². The number of phenols is 2. The molecule has 88 valence electrons. The van der Waals surface area contributed by atoms with Crippen LogP contribution in [0.4, 0.5) is 13.2 Å². The number of nitrogens with one attached hydrogen (secondary N) is 1. The minimum absolute atomic E-state index is 0.167. The van der Waals surface area contributed by atoms with Gasteiger partial charge in [-0.15, -0.1) is 0 Å². The van der Waals surface area contributed by atoms with Crippen molar-refractivity contribution in [1.82, 2.24) is 5.32 Å². The van der Waals surface area contributed by atoms with Gasteiger partial charge in [0.2, 0.25) is 0 Å². The monoisotopic (exact) mass is 235 g/mol. The maximum atomic E-state index is 11.8. The van der Waals surface area contributed by atoms with Crippen LogP contribution in [-0.2, 0) is 0 Å². The number of hydrogen-bond donors (Lipinski definition) is 3. The van der Waals surface area contributed by atoms with E-state index in [1.165, 1.54) is 0 Å². The summed E-state index contributed by atoms with van der Waals surface area (Å²) in [6.07, 6.45) is -4.49. The van der Waals surface area contributed by atoms with Crippen molar-refractivity contribution in [1.29, 1.82) is 0 Å². The van der Waals surface area contributed by atoms with Gasteiger partial charge >= 0.3 is 6.18 Å². The molecule has 0 atom stereocenters. The van der Waals surface area contributed by atoms with Gasteiger partial charge in [-0.3, -0.25) is 4.79 Å². The van der Waals surface area contributed by atoms with E-state index >= 15 is 0 Å². The number of phenolic OH excluding ortho intramolecular Hbond substituents is 2. The minimum atomic E-state index is -4.49. The van der Waals surface area contributed by atoms with Gasteiger partial charge < -0.3 is 15.5 Å². The molecule has 7 heteroatoms. The number of amides is 1. The highest BCUT2D eigenvalue weighted by Crippen LogP contribution is 2.24. The second-order valence-corrected chi connectivity index (χ2v) is 3.00. The summed E-state index contributed by atoms with van der Waals surface area (Å²) in [5, 5.41) is 19.6. The van der Waals surface area contributed by atoms with Crippen molar-refractivity contribution in [3.05, 3.63) is 23.8 Å². The SMILES string of the molecule is O=C(NCC(F)(F)F)c1ccc(O)c(O)c1. The average Bonchev–Trinajstić information content (AvgIpc) is 2.17. The first-order valence-electron chi connectivity index (χ1n) is 4.16. The molecule has 0 spiro atoms. The number of benzene rings is 1. The number of alkyl halides is 3. The lowest BCUT2D eigenvalue weighted by Crippen LogP contribution is -2.33. The smallest absolute Gasteiger partial charge is 0.405 e. The normalized spacial score (nSPS) is 11.2. The lowest BCUT2D eigenvalue weighted by Gasteiger charge is -2.08. The summed E-state index contributed by atoms with van der Waals surface area (Å²) < 4.78 is 35.3. The molecule has 0 saturated heterocycles. The van der Waals surface area contributed by atoms with Crippen LogP contribution in [0.1, 0.15) is 10.4 Å². The van der Waals surface area contributed by atoms with Gasteiger partial charge in [-0.2, -0.15) is 13.2 Å². The van der Waals surface area contributed by atoms with E-state index in [2.05, 4.69) is 0 Å². The largest absolute Gasteiger partial charge is 0.504 e. The second kappa shape index (κ2) is 4.30. The first kappa shape index (κ1) is 12.2. The Bertz CT molecular complexity index is 403. The Balaban J connectivity index is 2.70. The van der Waals surface area contributed by atoms with Crippen molar-refractivity contribution in [3.8, 4) is 11.5 Å². The highest BCUT2D eigenvalue weighted by Gasteiger charge is 2.27. The zero-order valence-corrected chi connectivity index (χ0v) is 7.88. The molecule has 0 radical (unpaired) electrons. The molecule has 3 N–H and O–H groups in total. The molecule has 0 saturated carbocycles. The number of aromatic hydroxyl groups is 2. The van der Waals surface area contributed by atoms with Crippen LogP contribution < -0.4 is 5.32 Å². The maximum absolute atomic E-state index is 11.8. The van der Waals surface area contributed by atoms with Gasteiger partial charge in [0.1, 0.15) is 6.54 Å². The third-order valence-corrected chi connectivity index (χ3v) is 1.69. The summed E-state index contributed by atoms with van der Waals surface area (Å²) >= 11 is 0. The molecule has 0 fully saturated rings. The molecule has 0 aliphatic rings. The molecule has 0 unspecified atom stereocenters. The fourth-order valence-electron chi connectivity index (χ4n) is 0.947. The predicted octanol–water partition coefficient (Wildman–Crippen LogP) is 1.39. The van der Waals surface area contributed by atoms with Crippen molar-refractivity contribution in [2.75, 3.05) is 6.54 Å². The lowest BCUT2D eigenvalue weighted by molar-refractivity contribution is -0.123. The van der Waals surface area contributed by atoms with Gasteiger partial charge in [0.25, 0.3) is 5.91 Å². The van der Waals surface area contributed by atoms with Gasteiger partial charge in [-0.25, -0.2) is 0 Å². The molecular weight excluding hydrogens is 227 g/mol. The van der Waals surface area contributed by atoms with Gasteiger partial charge in [0, 0.05) is 5.56 Å². The number of carbonyl (C=O) groups excluding carboxylic acids is 1. The van der Waals surface area contributed by atoms with Gasteiger partial charge in [-0.05, 0) is 18.2 Å². The van der Waals surface area contributed by atoms with Crippen LogP contribution in [0.15, 0.2) is 18.2 Å². The third kappa shape index (κ3) is 3.34. The molecule has 16 heavy (non-hydrogen) atoms. The van der Waals surface area contributed by atoms with Crippen LogP contribution in [0.25, 0.3) is 0 Å². The highest BCUT2D eigenvalue weighted by molar-refractivity contribution is 5.94. The molecule has 1 aromatic rings. The highest BCUT2D eigenvalue weighted by atomic mass is 19.4. The Morgan fingerprint density at radius 1 is 1.25 bits per heavy atom. The summed E-state index contributed by atoms with van der Waals surface area (Å²) in [7, 11) is 0. The Morgan fingerprint density at radius 2 is 1.88 bits per heavy atom. The summed E-state index contributed by atoms with van der Waals surface area (Å²) in [5.41, 5.74) is -0.167. The zero-order chi connectivity index (χ0) is 12.3. The van der Waals surface area contributed by atoms with Crippen molar-refractivity contribution >= 4 is 5.91 Å². The van der Waals surface area contributed by atoms with E-state index < -0.39 is 30.1 Å². The first-order chi connectivity index (χ1) is 7.29. The van der Waals surface area contributed by atoms with Crippen LogP contribution >= 0.6 is 0 Å². The number of halogens is 3. The van der Waals surface area contributed by atoms with Gasteiger partial charge in [0.05, 0.1) is 0 Å². The van der Waals surface area contributed by atoms with E-state index in [1.807, 2.05) is 0 Å². The molecule has 1 amide bonds. The molecule has 1 aromatic carbocycles. The Labute approximate surface area is 88.3 Å². The fourth-order valence-corrected chi connectivity index (χ4v) is 0.947. The van der Waals surface area contributed by atoms with Gasteiger partial charge in [0.15, 0.2) is 11.5 Å². The van der Waals surface area contributed by atoms with E-state index in [9.17, 15) is 18.0 Å². The summed E-state index contributed by atoms with van der Waals surface area (Å²) in [4.78, 5) is 11.2. The molecule has 0 heterocycles. The maximum Gasteiger partial charge on any atom is 0.405 e. The van der Waals surface area contributed by atoms with Crippen LogP contribution in [0.5, 0.6) is 11.5 Å². The fraction of sp³-hybridized carbons (Fsp3) is 0.222. The standard InChI is InChI=1S/C9H8F3NO3/c10-9(11,12)4-13-8(16)5-1-2-6(14)7(15)3-5/h1-3,14-15H,4H2,(H,13,16). The van der Waals surface area contributed by atoms with Crippen LogP contribution in [0.2, 0.25) is 0 Å². The zero-order valence-electron chi connectivity index (χ0n) is 7.88. The number of hydrogen-bond acceptors (Lipinski definition) is 3. The number of carbonyl (C=O) groups is 1. The lowest BCUT2D eigenvalue weighted by atomic mass is 10.2. The Morgan fingerprint density at radius 3 is 2.38 bits per heavy atom. The summed E-state index contributed by atoms with van der Waals surface area (Å²) in [5.74, 6) is -2.00. The molecule has 0 aliphatic heterocycles. The van der Waals surface area contributed by atoms with E-state index in [0.717, 1.165) is 18.2 Å². The number of rotatable bonds is 2. The molecule has 0 aromatic heterocycles. The first-order valence-corrected chi connectivity index (χ1v) is 4.16. The van der Waals surface area contributed by atoms with Gasteiger partial charge in [-0.1, -0.05) is 0 Å². The predicted molar refractivity (Wildman–Crippen MR) is 48.2 cm³/mol. The quantitative estimate of drug-likeness (QED) is 0.678. The van der Waals surface area contributed by atoms with Crippen LogP contribution in [-0.4, -0.2) is 28.8 Å². The average molecular weight is 235 g/mol. The minimum Gasteiger partial charge on any atom is -0.504 e. The van der Waals surface area contributed by atoms with Crippen molar-refractivity contribution in [3.63, 3.8) is 0 Å². The Hall–Kier alpha value is -1.92. The molecule has 1 rings (SSSR count). The van der Waals surface area contributed by atoms with Crippen LogP contribution in [0, 0.1) is 0 Å². The molecule has 4 nitrogen and oxygen atoms in total. The van der Waals surface area contributed by atoms with Crippen molar-refractivity contribution in [2.24, 2.45) is 0 Å². The molecular formula is C9H8F3NO3. The van der Waals surface area contributed by atoms with Crippen molar-refractivity contribution in [2.45, 2.75) is 6.18 Å². The second-order valence-electron chi connectivity index (χ2n) is 3.00. The molecule has 0 bridgehead atoms. The van der Waals surface area contributed by atoms with E-state index in [-0.39, 0.29) is 5.56 Å². The van der Waals surface area contributed by atoms with Crippen LogP contribution in [0.3, 0.4) is 0 Å². The summed E-state index contributed by atoms with van der Waals surface area (Å²) in [6, 6.07) is 2.99. The topological polar surface area (TPSA) is 69.6 Å². The molecule has 0 aliphatic carbocycles. The Kier molecular flexibility index (Phi) is 3.26. The van der Waals surface area contributed by atoms with E-state index in [4.69, 9.17) is 10.2 Å². The van der Waals surface area contributed by atoms with E-state index in [0.29, 0.717) is 0 Å². The summed E-state index contributed by atoms with van der Waals surface area (Å²) in [6.45, 7) is -1.45. The van der Waals surface area contributed by atoms with Crippen molar-refractivity contribution < 1.29 is 28.2 Å². The third-order valence-electron chi connectivity index (χ3n) is 1.69.